The monoisotopic (exact) mass is 2200 g/mol. The van der Waals surface area contributed by atoms with Gasteiger partial charge in [-0.05, 0) is 269 Å². The Labute approximate surface area is 909 Å². The molecule has 20 rings (SSSR count). The van der Waals surface area contributed by atoms with E-state index in [1.54, 1.807) is 121 Å². The van der Waals surface area contributed by atoms with Crippen molar-refractivity contribution >= 4 is 271 Å². The molecule has 9 N–H and O–H groups in total. The lowest BCUT2D eigenvalue weighted by Crippen LogP contribution is -2.27. The maximum Gasteiger partial charge on any atom is 0.184 e. The number of phenolic OH excluding ortho intramolecular Hbond substituents is 2. The summed E-state index contributed by atoms with van der Waals surface area (Å²) in [6.45, 7) is 13.5. The number of methoxy groups -OCH3 is 3. The number of rotatable bonds is 21. The van der Waals surface area contributed by atoms with Crippen LogP contribution in [0.3, 0.4) is 0 Å². The second-order valence-electron chi connectivity index (χ2n) is 36.1. The highest BCUT2D eigenvalue weighted by atomic mass is 35.5. The van der Waals surface area contributed by atoms with E-state index in [4.69, 9.17) is 64.5 Å². The van der Waals surface area contributed by atoms with Gasteiger partial charge < -0.3 is 61.5 Å². The minimum Gasteiger partial charge on any atom is -0.508 e. The number of pyridine rings is 2. The summed E-state index contributed by atoms with van der Waals surface area (Å²) in [6, 6.07) is 43.2. The Balaban J connectivity index is 0.000000248. The smallest absolute Gasteiger partial charge is 0.184 e. The SMILES string of the molecule is C.COc1ccc2nc(Cl)sc2c1.COc1ccc2nc(N[C@@H](C)C3CCCCC3)sc2c1.COc1ccc2nc(N[C@@H](C)C3CCCCC3)sc2c1.C[C@H](N)C1CCCCC1.C[C@H](Nc1nc2ccc(O)cc2s1)C1CCCCC1.C[C@H](Nc1nc2ccc(O)cc2s1)C1CCCCC1.C[C@H](Nc1nc2ccc(Oc3ccnc(Cl)c3)cc2s1)C1CCCCC1.Fc1ccnc(Cl)c1.S.S.S.S.S.S. The highest BCUT2D eigenvalue weighted by molar-refractivity contribution is 7.60. The van der Waals surface area contributed by atoms with Crippen molar-refractivity contribution in [3.63, 3.8) is 0 Å². The number of thiazole rings is 6. The van der Waals surface area contributed by atoms with Crippen LogP contribution in [0.4, 0.5) is 30.0 Å². The van der Waals surface area contributed by atoms with E-state index < -0.39 is 0 Å². The number of nitrogens with one attached hydrogen (secondary N) is 5. The average molecular weight is 2200 g/mol. The molecule has 6 saturated carbocycles. The maximum atomic E-state index is 12.0. The van der Waals surface area contributed by atoms with Gasteiger partial charge in [-0.15, -0.1) is 11.3 Å². The van der Waals surface area contributed by atoms with Crippen LogP contribution < -0.4 is 51.3 Å². The number of benzene rings is 6. The van der Waals surface area contributed by atoms with E-state index in [0.717, 1.165) is 142 Å². The fraction of sp³-hybridized carbons (Fsp3) is 0.500. The van der Waals surface area contributed by atoms with Crippen molar-refractivity contribution < 1.29 is 33.6 Å². The Hall–Kier alpha value is -6.38. The molecule has 6 aliphatic carbocycles. The number of fused-ring (bicyclic) bond motifs is 6. The summed E-state index contributed by atoms with van der Waals surface area (Å²) in [5.74, 6) is 9.07. The first kappa shape index (κ1) is 122. The highest BCUT2D eigenvalue weighted by Gasteiger charge is 2.27. The van der Waals surface area contributed by atoms with Gasteiger partial charge >= 0.3 is 0 Å². The van der Waals surface area contributed by atoms with Gasteiger partial charge in [0.25, 0.3) is 0 Å². The Morgan fingerprint density at radius 2 is 0.557 bits per heavy atom. The first-order valence-corrected chi connectivity index (χ1v) is 53.8. The van der Waals surface area contributed by atoms with Crippen molar-refractivity contribution in [3.05, 3.63) is 166 Å². The van der Waals surface area contributed by atoms with Crippen molar-refractivity contribution in [2.24, 2.45) is 41.2 Å². The molecule has 6 aromatic carbocycles. The number of hydrogen-bond donors (Lipinski definition) is 8. The zero-order chi connectivity index (χ0) is 93.5. The predicted molar refractivity (Wildman–Crippen MR) is 632 cm³/mol. The summed E-state index contributed by atoms with van der Waals surface area (Å²) >= 11 is 26.8. The quantitative estimate of drug-likeness (QED) is 0.0311. The lowest BCUT2D eigenvalue weighted by molar-refractivity contribution is 0.316. The van der Waals surface area contributed by atoms with Crippen LogP contribution in [-0.2, 0) is 0 Å². The van der Waals surface area contributed by atoms with Gasteiger partial charge in [-0.3, -0.25) is 0 Å². The van der Waals surface area contributed by atoms with E-state index in [-0.39, 0.29) is 99.4 Å². The van der Waals surface area contributed by atoms with Gasteiger partial charge in [0.05, 0.1) is 82.6 Å². The molecule has 8 aromatic heterocycles. The van der Waals surface area contributed by atoms with Gasteiger partial charge in [0.2, 0.25) is 0 Å². The zero-order valence-electron chi connectivity index (χ0n) is 81.1. The second-order valence-corrected chi connectivity index (χ2v) is 43.7. The molecule has 0 radical (unpaired) electrons. The van der Waals surface area contributed by atoms with Gasteiger partial charge in [-0.2, -0.15) is 81.0 Å². The van der Waals surface area contributed by atoms with E-state index in [1.807, 2.05) is 72.8 Å². The molecule has 6 fully saturated rings. The van der Waals surface area contributed by atoms with Crippen molar-refractivity contribution in [3.8, 4) is 40.2 Å². The third-order valence-corrected chi connectivity index (χ3v) is 32.7. The predicted octanol–water partition coefficient (Wildman–Crippen LogP) is 32.7. The Morgan fingerprint density at radius 1 is 0.314 bits per heavy atom. The number of nitrogens with two attached hydrogens (primary N) is 1. The first-order chi connectivity index (χ1) is 64.5. The summed E-state index contributed by atoms with van der Waals surface area (Å²) < 4.78 is 40.7. The fourth-order valence-electron chi connectivity index (χ4n) is 18.5. The average Bonchev–Trinajstić information content (AvgIpc) is 1.78. The molecule has 6 atom stereocenters. The summed E-state index contributed by atoms with van der Waals surface area (Å²) in [5.41, 5.74) is 11.7. The second kappa shape index (κ2) is 63.2. The minimum atomic E-state index is -0.356. The maximum absolute atomic E-state index is 12.0. The molecule has 0 spiro atoms. The number of phenols is 2. The molecule has 20 nitrogen and oxygen atoms in total. The molecule has 0 aliphatic heterocycles. The summed E-state index contributed by atoms with van der Waals surface area (Å²) in [7, 11) is 5.04. The van der Waals surface area contributed by atoms with Gasteiger partial charge in [-0.1, -0.05) is 214 Å². The normalized spacial score (nSPS) is 16.4. The van der Waals surface area contributed by atoms with Crippen LogP contribution in [0.5, 0.6) is 40.2 Å². The molecule has 36 heteroatoms. The number of aromatic nitrogens is 8. The van der Waals surface area contributed by atoms with Crippen molar-refractivity contribution in [2.75, 3.05) is 47.9 Å². The van der Waals surface area contributed by atoms with Crippen molar-refractivity contribution in [1.29, 1.82) is 0 Å². The number of nitrogens with zero attached hydrogens (tertiary/aromatic N) is 8. The molecular weight excluding hydrogens is 2050 g/mol. The van der Waals surface area contributed by atoms with Gasteiger partial charge in [-0.25, -0.2) is 44.3 Å². The van der Waals surface area contributed by atoms with E-state index in [9.17, 15) is 14.6 Å². The summed E-state index contributed by atoms with van der Waals surface area (Å²) in [6.07, 6.45) is 44.0. The lowest BCUT2D eigenvalue weighted by atomic mass is 9.85. The highest BCUT2D eigenvalue weighted by Crippen LogP contribution is 2.41. The number of ether oxygens (including phenoxy) is 4. The Morgan fingerprint density at radius 3 is 0.821 bits per heavy atom. The molecule has 0 saturated heterocycles. The third kappa shape index (κ3) is 38.5. The van der Waals surface area contributed by atoms with Crippen LogP contribution in [0, 0.1) is 41.3 Å². The summed E-state index contributed by atoms with van der Waals surface area (Å²) in [4.78, 5) is 34.9. The topological polar surface area (TPSA) is 267 Å². The molecule has 8 heterocycles. The third-order valence-electron chi connectivity index (χ3n) is 26.4. The Bertz CT molecular complexity index is 5660. The van der Waals surface area contributed by atoms with Crippen LogP contribution in [0.25, 0.3) is 61.3 Å². The van der Waals surface area contributed by atoms with Gasteiger partial charge in [0, 0.05) is 66.8 Å². The largest absolute Gasteiger partial charge is 0.508 e. The molecule has 140 heavy (non-hydrogen) atoms. The number of anilines is 5. The molecule has 770 valence electrons. The summed E-state index contributed by atoms with van der Waals surface area (Å²) in [5, 5.41) is 42.5. The van der Waals surface area contributed by atoms with Crippen LogP contribution in [-0.4, -0.2) is 108 Å². The van der Waals surface area contributed by atoms with E-state index >= 15 is 0 Å². The van der Waals surface area contributed by atoms with Crippen LogP contribution in [0.1, 0.15) is 242 Å². The lowest BCUT2D eigenvalue weighted by Gasteiger charge is -2.28. The molecule has 0 bridgehead atoms. The van der Waals surface area contributed by atoms with Crippen molar-refractivity contribution in [1.82, 2.24) is 39.9 Å². The van der Waals surface area contributed by atoms with Gasteiger partial charge in [0.15, 0.2) is 30.1 Å². The fourth-order valence-corrected chi connectivity index (χ4v) is 24.9. The zero-order valence-corrected chi connectivity index (χ0v) is 94.3. The molecule has 0 unspecified atom stereocenters. The van der Waals surface area contributed by atoms with Crippen molar-refractivity contribution in [2.45, 2.75) is 278 Å². The van der Waals surface area contributed by atoms with Crippen LogP contribution in [0.15, 0.2) is 146 Å². The van der Waals surface area contributed by atoms with E-state index in [1.165, 1.54) is 226 Å². The van der Waals surface area contributed by atoms with E-state index in [0.29, 0.717) is 63.1 Å². The number of hydrogen-bond acceptors (Lipinski definition) is 26. The van der Waals surface area contributed by atoms with Gasteiger partial charge in [0.1, 0.15) is 56.4 Å². The Kier molecular flexibility index (Phi) is 55.2. The molecule has 0 amide bonds. The van der Waals surface area contributed by atoms with E-state index in [2.05, 4.69) is 115 Å². The standard InChI is InChI=1S/C20H22ClN3OS.2C16H22N2OS.2C15H20N2OS.C8H6ClNOS.C8H17N.C5H3ClFN.CH4.6H2S/c1-13(14-5-3-2-4-6-14)23-20-24-17-8-7-15(11-18(17)26-20)25-16-9-10-22-19(21)12-16;2*1-11(12-6-4-3-5-7-12)17-16-18-14-9-8-13(19-2)10-15(14)20-16;2*1-10(11-5-3-2-4-6-11)16-15-17-13-8-7-12(18)9-14(13)19-15;1-11-5-2-3-6-7(4-5)12-8(9)10-6;1-7(9)8-5-3-2-4-6-8;6-5-3-4(7)1-2-8-5;;;;;;;/h7-14H,2-6H2,1H3,(H,23,24);2*8-12H,3-7H2,1-2H3,(H,17,18);2*7-11,18H,2-6H2,1H3,(H,16,17);2-4H,1H3;7-8H,2-6,9H2,1H3;1-3H;1H4;6*1H2/t13-;2*11-;2*10-;;7-;;;;;;;;/m00000.0......../s1. The molecule has 6 aliphatic rings. The number of aromatic hydroxyl groups is 2. The number of halogens is 4. The molecule has 14 aromatic rings. The first-order valence-electron chi connectivity index (χ1n) is 47.8. The van der Waals surface area contributed by atoms with Crippen LogP contribution >= 0.6 is 184 Å². The molecular formula is C104H148Cl3FN14O6S12. The van der Waals surface area contributed by atoms with Crippen LogP contribution in [0.2, 0.25) is 14.8 Å². The minimum absolute atomic E-state index is 0.